The average molecular weight is 823 g/mol. The summed E-state index contributed by atoms with van der Waals surface area (Å²) in [7, 11) is 0. The number of benzene rings is 9. The number of nitrogens with zero attached hydrogens (tertiary/aromatic N) is 2. The molecule has 63 heavy (non-hydrogen) atoms. The molecule has 2 aliphatic rings. The monoisotopic (exact) mass is 822 g/mol. The lowest BCUT2D eigenvalue weighted by molar-refractivity contribution is -0.137. The zero-order chi connectivity index (χ0) is 42.5. The maximum atomic E-state index is 13.6. The van der Waals surface area contributed by atoms with Crippen LogP contribution in [0, 0.1) is 0 Å². The summed E-state index contributed by atoms with van der Waals surface area (Å²) in [5.74, 6) is 0.101. The van der Waals surface area contributed by atoms with E-state index in [4.69, 9.17) is 0 Å². The zero-order valence-corrected chi connectivity index (χ0v) is 34.3. The maximum absolute atomic E-state index is 13.6. The summed E-state index contributed by atoms with van der Waals surface area (Å²) in [4.78, 5) is 4.52. The fraction of sp³-hybridized carbons (Fsp3) is 0.0690. The van der Waals surface area contributed by atoms with Crippen LogP contribution in [0.25, 0.3) is 54.9 Å². The van der Waals surface area contributed by atoms with Gasteiger partial charge in [-0.25, -0.2) is 0 Å². The predicted octanol–water partition coefficient (Wildman–Crippen LogP) is 16.1. The van der Waals surface area contributed by atoms with Crippen LogP contribution in [0.3, 0.4) is 0 Å². The third kappa shape index (κ3) is 6.96. The Morgan fingerprint density at radius 3 is 1.56 bits per heavy atom. The van der Waals surface area contributed by atoms with E-state index in [1.54, 1.807) is 6.07 Å². The van der Waals surface area contributed by atoms with Gasteiger partial charge in [0.1, 0.15) is 0 Å². The van der Waals surface area contributed by atoms with Crippen LogP contribution in [-0.4, -0.2) is 6.04 Å². The molecule has 0 spiro atoms. The van der Waals surface area contributed by atoms with Gasteiger partial charge in [0.05, 0.1) is 11.6 Å². The Balaban J connectivity index is 0.932. The van der Waals surface area contributed by atoms with Gasteiger partial charge in [0, 0.05) is 35.2 Å². The van der Waals surface area contributed by atoms with Crippen LogP contribution in [0.5, 0.6) is 0 Å². The summed E-state index contributed by atoms with van der Waals surface area (Å²) >= 11 is 0. The molecule has 11 rings (SSSR count). The van der Waals surface area contributed by atoms with Crippen molar-refractivity contribution in [1.29, 1.82) is 0 Å². The largest absolute Gasteiger partial charge is 0.416 e. The van der Waals surface area contributed by atoms with Crippen molar-refractivity contribution in [2.75, 3.05) is 9.80 Å². The van der Waals surface area contributed by atoms with Gasteiger partial charge in [0.15, 0.2) is 0 Å². The molecule has 0 amide bonds. The molecule has 0 aromatic heterocycles. The van der Waals surface area contributed by atoms with E-state index >= 15 is 0 Å². The van der Waals surface area contributed by atoms with Crippen LogP contribution < -0.4 is 9.80 Å². The summed E-state index contributed by atoms with van der Waals surface area (Å²) in [5, 5.41) is 4.91. The fourth-order valence-electron chi connectivity index (χ4n) is 9.80. The molecule has 0 saturated heterocycles. The molecule has 2 unspecified atom stereocenters. The molecule has 5 heteroatoms. The van der Waals surface area contributed by atoms with Crippen molar-refractivity contribution in [2.45, 2.75) is 24.7 Å². The average Bonchev–Trinajstić information content (AvgIpc) is 3.64. The SMILES string of the molecule is FC(F)(F)c1cccc(CN2c3ccc(-c4ccc(N(c5ccccc5)c5ccc(-c6c7ccccc7c(-c7ccccc7)c7ccccc67)cc5)cc4)cc3C3C=CC=CC32)c1. The molecule has 0 bridgehead atoms. The molecule has 0 saturated carbocycles. The first-order chi connectivity index (χ1) is 30.9. The van der Waals surface area contributed by atoms with Crippen molar-refractivity contribution in [3.05, 3.63) is 241 Å². The quantitative estimate of drug-likeness (QED) is 0.141. The first-order valence-electron chi connectivity index (χ1n) is 21.4. The van der Waals surface area contributed by atoms with E-state index in [2.05, 4.69) is 198 Å². The minimum absolute atomic E-state index is 0.0223. The van der Waals surface area contributed by atoms with Crippen LogP contribution in [0.2, 0.25) is 0 Å². The minimum atomic E-state index is -4.38. The smallest absolute Gasteiger partial charge is 0.360 e. The number of hydrogen-bond acceptors (Lipinski definition) is 2. The highest BCUT2D eigenvalue weighted by Gasteiger charge is 2.37. The van der Waals surface area contributed by atoms with Crippen LogP contribution in [0.4, 0.5) is 35.9 Å². The first kappa shape index (κ1) is 38.3. The Labute approximate surface area is 365 Å². The second kappa shape index (κ2) is 15.7. The molecule has 9 aromatic carbocycles. The summed E-state index contributed by atoms with van der Waals surface area (Å²) in [5.41, 5.74) is 12.4. The maximum Gasteiger partial charge on any atom is 0.416 e. The third-order valence-electron chi connectivity index (χ3n) is 12.7. The molecule has 1 heterocycles. The van der Waals surface area contributed by atoms with Gasteiger partial charge in [-0.1, -0.05) is 164 Å². The van der Waals surface area contributed by atoms with Gasteiger partial charge in [0.25, 0.3) is 0 Å². The van der Waals surface area contributed by atoms with E-state index in [0.717, 1.165) is 45.5 Å². The van der Waals surface area contributed by atoms with Gasteiger partial charge in [-0.05, 0) is 127 Å². The van der Waals surface area contributed by atoms with Gasteiger partial charge >= 0.3 is 6.18 Å². The van der Waals surface area contributed by atoms with Crippen molar-refractivity contribution in [1.82, 2.24) is 0 Å². The molecule has 0 fully saturated rings. The fourth-order valence-corrected chi connectivity index (χ4v) is 9.80. The molecule has 0 radical (unpaired) electrons. The van der Waals surface area contributed by atoms with E-state index in [-0.39, 0.29) is 12.0 Å². The van der Waals surface area contributed by atoms with Gasteiger partial charge in [-0.3, -0.25) is 0 Å². The molecule has 1 aliphatic heterocycles. The molecule has 304 valence electrons. The molecule has 1 aliphatic carbocycles. The Morgan fingerprint density at radius 2 is 0.952 bits per heavy atom. The number of anilines is 4. The lowest BCUT2D eigenvalue weighted by atomic mass is 9.86. The number of rotatable bonds is 8. The van der Waals surface area contributed by atoms with E-state index in [9.17, 15) is 13.2 Å². The van der Waals surface area contributed by atoms with Crippen molar-refractivity contribution in [3.8, 4) is 33.4 Å². The van der Waals surface area contributed by atoms with E-state index in [1.807, 2.05) is 12.1 Å². The first-order valence-corrected chi connectivity index (χ1v) is 21.4. The molecule has 0 N–H and O–H groups in total. The van der Waals surface area contributed by atoms with Gasteiger partial charge in [-0.15, -0.1) is 0 Å². The highest BCUT2D eigenvalue weighted by atomic mass is 19.4. The summed E-state index contributed by atoms with van der Waals surface area (Å²) in [6, 6.07) is 68.5. The van der Waals surface area contributed by atoms with Crippen LogP contribution in [-0.2, 0) is 12.7 Å². The van der Waals surface area contributed by atoms with Gasteiger partial charge < -0.3 is 9.80 Å². The van der Waals surface area contributed by atoms with Crippen molar-refractivity contribution < 1.29 is 13.2 Å². The van der Waals surface area contributed by atoms with E-state index in [1.165, 1.54) is 55.9 Å². The predicted molar refractivity (Wildman–Crippen MR) is 255 cm³/mol. The number of alkyl halides is 3. The lowest BCUT2D eigenvalue weighted by Gasteiger charge is -2.29. The number of hydrogen-bond donors (Lipinski definition) is 0. The van der Waals surface area contributed by atoms with E-state index in [0.29, 0.717) is 12.1 Å². The van der Waals surface area contributed by atoms with Gasteiger partial charge in [0.2, 0.25) is 0 Å². The van der Waals surface area contributed by atoms with Crippen LogP contribution in [0.1, 0.15) is 22.6 Å². The lowest BCUT2D eigenvalue weighted by Crippen LogP contribution is -2.32. The Kier molecular flexibility index (Phi) is 9.54. The number of fused-ring (bicyclic) bond motifs is 5. The molecular formula is C58H41F3N2. The summed E-state index contributed by atoms with van der Waals surface area (Å²) < 4.78 is 40.8. The minimum Gasteiger partial charge on any atom is -0.360 e. The molecule has 9 aromatic rings. The number of allylic oxidation sites excluding steroid dienone is 2. The second-order valence-corrected chi connectivity index (χ2v) is 16.4. The standard InChI is InChI=1S/C58H41F3N2/c59-58(60,61)44-17-13-14-39(36-44)38-62-54-25-12-11-20-48(54)53-37-43(30-35-55(53)62)40-26-31-46(32-27-40)63(45-18-5-2-6-19-45)47-33-28-42(29-34-47)57-51-23-9-7-21-49(51)56(41-15-3-1-4-16-41)50-22-8-10-24-52(50)57/h1-37,48,54H,38H2. The van der Waals surface area contributed by atoms with Crippen LogP contribution >= 0.6 is 0 Å². The van der Waals surface area contributed by atoms with Crippen molar-refractivity contribution in [3.63, 3.8) is 0 Å². The number of halogens is 3. The topological polar surface area (TPSA) is 6.48 Å². The molecular weight excluding hydrogens is 782 g/mol. The van der Waals surface area contributed by atoms with Gasteiger partial charge in [-0.2, -0.15) is 13.2 Å². The normalized spacial score (nSPS) is 15.4. The summed E-state index contributed by atoms with van der Waals surface area (Å²) in [6.07, 6.45) is 4.08. The molecule has 2 nitrogen and oxygen atoms in total. The van der Waals surface area contributed by atoms with Crippen LogP contribution in [0.15, 0.2) is 224 Å². The Hall–Kier alpha value is -7.63. The zero-order valence-electron chi connectivity index (χ0n) is 34.3. The Morgan fingerprint density at radius 1 is 0.444 bits per heavy atom. The molecule has 2 atom stereocenters. The highest BCUT2D eigenvalue weighted by Crippen LogP contribution is 2.48. The highest BCUT2D eigenvalue weighted by molar-refractivity contribution is 6.21. The van der Waals surface area contributed by atoms with Crippen molar-refractivity contribution >= 4 is 44.3 Å². The third-order valence-corrected chi connectivity index (χ3v) is 12.7. The van der Waals surface area contributed by atoms with Crippen molar-refractivity contribution in [2.24, 2.45) is 0 Å². The number of para-hydroxylation sites is 1. The Bertz CT molecular complexity index is 3130. The second-order valence-electron chi connectivity index (χ2n) is 16.4. The van der Waals surface area contributed by atoms with E-state index < -0.39 is 11.7 Å². The summed E-state index contributed by atoms with van der Waals surface area (Å²) in [6.45, 7) is 0.383.